The number of hydrazine groups is 1. The average Bonchev–Trinajstić information content (AvgIpc) is 2.69. The van der Waals surface area contributed by atoms with Crippen LogP contribution in [0.25, 0.3) is 0 Å². The zero-order valence-corrected chi connectivity index (χ0v) is 12.4. The lowest BCUT2D eigenvalue weighted by Crippen LogP contribution is -2.49. The number of thioether (sulfide) groups is 1. The van der Waals surface area contributed by atoms with Gasteiger partial charge < -0.3 is 0 Å². The first-order chi connectivity index (χ1) is 7.74. The highest BCUT2D eigenvalue weighted by Crippen LogP contribution is 2.32. The molecule has 1 aliphatic rings. The van der Waals surface area contributed by atoms with Crippen LogP contribution in [0.1, 0.15) is 11.6 Å². The molecule has 0 aromatic carbocycles. The van der Waals surface area contributed by atoms with Crippen LogP contribution in [0.3, 0.4) is 0 Å². The molecule has 3 nitrogen and oxygen atoms in total. The van der Waals surface area contributed by atoms with Gasteiger partial charge in [-0.15, -0.1) is 0 Å². The first-order valence-corrected chi connectivity index (χ1v) is 8.08. The lowest BCUT2D eigenvalue weighted by molar-refractivity contribution is 0.216. The van der Waals surface area contributed by atoms with Crippen LogP contribution < -0.4 is 11.3 Å². The Labute approximate surface area is 113 Å². The fourth-order valence-electron chi connectivity index (χ4n) is 1.98. The highest BCUT2D eigenvalue weighted by atomic mass is 79.9. The highest BCUT2D eigenvalue weighted by molar-refractivity contribution is 9.10. The number of likely N-dealkylation sites (N-methyl/N-ethyl adjacent to an activating group) is 1. The molecular formula is C10H16BrN3S2. The maximum absolute atomic E-state index is 5.72. The van der Waals surface area contributed by atoms with Gasteiger partial charge in [-0.25, -0.2) is 0 Å². The van der Waals surface area contributed by atoms with Crippen molar-refractivity contribution < 1.29 is 0 Å². The van der Waals surface area contributed by atoms with Crippen LogP contribution in [0.4, 0.5) is 0 Å². The number of nitrogens with two attached hydrogens (primary N) is 1. The van der Waals surface area contributed by atoms with Gasteiger partial charge in [0.25, 0.3) is 0 Å². The second-order valence-electron chi connectivity index (χ2n) is 3.94. The van der Waals surface area contributed by atoms with E-state index in [4.69, 9.17) is 5.84 Å². The highest BCUT2D eigenvalue weighted by Gasteiger charge is 2.29. The minimum atomic E-state index is 0.207. The molecule has 6 heteroatoms. The normalized spacial score (nSPS) is 24.6. The number of hydrogen-bond acceptors (Lipinski definition) is 5. The molecule has 0 saturated carbocycles. The van der Waals surface area contributed by atoms with Crippen molar-refractivity contribution in [2.45, 2.75) is 12.1 Å². The number of rotatable bonds is 3. The first-order valence-electron chi connectivity index (χ1n) is 5.19. The minimum absolute atomic E-state index is 0.207. The fourth-order valence-corrected chi connectivity index (χ4v) is 4.83. The Kier molecular flexibility index (Phi) is 4.69. The smallest absolute Gasteiger partial charge is 0.0642 e. The lowest BCUT2D eigenvalue weighted by atomic mass is 10.0. The summed E-state index contributed by atoms with van der Waals surface area (Å²) < 4.78 is 1.16. The molecule has 0 amide bonds. The molecule has 2 atom stereocenters. The molecule has 0 bridgehead atoms. The maximum Gasteiger partial charge on any atom is 0.0642 e. The molecule has 1 saturated heterocycles. The van der Waals surface area contributed by atoms with E-state index in [2.05, 4.69) is 44.1 Å². The van der Waals surface area contributed by atoms with Gasteiger partial charge in [0.05, 0.1) is 6.04 Å². The molecule has 1 aromatic heterocycles. The van der Waals surface area contributed by atoms with E-state index in [1.54, 1.807) is 11.3 Å². The van der Waals surface area contributed by atoms with Gasteiger partial charge in [-0.05, 0) is 33.9 Å². The van der Waals surface area contributed by atoms with E-state index in [0.29, 0.717) is 6.04 Å². The van der Waals surface area contributed by atoms with Crippen LogP contribution in [0.5, 0.6) is 0 Å². The zero-order chi connectivity index (χ0) is 11.5. The summed E-state index contributed by atoms with van der Waals surface area (Å²) in [5, 5.41) is 4.28. The van der Waals surface area contributed by atoms with Crippen LogP contribution in [-0.2, 0) is 0 Å². The minimum Gasteiger partial charge on any atom is -0.300 e. The van der Waals surface area contributed by atoms with E-state index in [1.165, 1.54) is 11.3 Å². The molecule has 0 spiro atoms. The number of hydrogen-bond donors (Lipinski definition) is 2. The lowest BCUT2D eigenvalue weighted by Gasteiger charge is -2.37. The van der Waals surface area contributed by atoms with Gasteiger partial charge >= 0.3 is 0 Å². The van der Waals surface area contributed by atoms with Gasteiger partial charge in [0, 0.05) is 33.9 Å². The van der Waals surface area contributed by atoms with Gasteiger partial charge in [-0.1, -0.05) is 0 Å². The summed E-state index contributed by atoms with van der Waals surface area (Å²) in [7, 11) is 2.18. The van der Waals surface area contributed by atoms with Crippen LogP contribution in [0.2, 0.25) is 0 Å². The summed E-state index contributed by atoms with van der Waals surface area (Å²) >= 11 is 7.30. The van der Waals surface area contributed by atoms with Crippen molar-refractivity contribution in [1.82, 2.24) is 10.3 Å². The SMILES string of the molecule is CN1CCSCC1C(NN)c1cscc1Br. The van der Waals surface area contributed by atoms with Crippen LogP contribution in [-0.4, -0.2) is 36.0 Å². The van der Waals surface area contributed by atoms with Crippen molar-refractivity contribution in [3.63, 3.8) is 0 Å². The van der Waals surface area contributed by atoms with E-state index in [-0.39, 0.29) is 6.04 Å². The molecule has 16 heavy (non-hydrogen) atoms. The summed E-state index contributed by atoms with van der Waals surface area (Å²) in [6, 6.07) is 0.674. The predicted molar refractivity (Wildman–Crippen MR) is 75.8 cm³/mol. The number of nitrogens with one attached hydrogen (secondary N) is 1. The summed E-state index contributed by atoms with van der Waals surface area (Å²) in [5.41, 5.74) is 4.24. The molecule has 2 rings (SSSR count). The Morgan fingerprint density at radius 2 is 2.44 bits per heavy atom. The summed E-state index contributed by atoms with van der Waals surface area (Å²) in [6.45, 7) is 1.13. The van der Waals surface area contributed by atoms with Crippen molar-refractivity contribution in [3.8, 4) is 0 Å². The van der Waals surface area contributed by atoms with Gasteiger partial charge in [-0.2, -0.15) is 23.1 Å². The largest absolute Gasteiger partial charge is 0.300 e. The van der Waals surface area contributed by atoms with E-state index in [9.17, 15) is 0 Å². The van der Waals surface area contributed by atoms with Crippen LogP contribution in [0.15, 0.2) is 15.2 Å². The molecule has 90 valence electrons. The number of nitrogens with zero attached hydrogens (tertiary/aromatic N) is 1. The second-order valence-corrected chi connectivity index (χ2v) is 6.69. The number of halogens is 1. The van der Waals surface area contributed by atoms with Gasteiger partial charge in [0.1, 0.15) is 0 Å². The second kappa shape index (κ2) is 5.84. The fraction of sp³-hybridized carbons (Fsp3) is 0.600. The van der Waals surface area contributed by atoms with E-state index >= 15 is 0 Å². The maximum atomic E-state index is 5.72. The molecule has 0 radical (unpaired) electrons. The quantitative estimate of drug-likeness (QED) is 0.660. The monoisotopic (exact) mass is 321 g/mol. The summed E-state index contributed by atoms with van der Waals surface area (Å²) in [4.78, 5) is 2.39. The Morgan fingerprint density at radius 1 is 1.62 bits per heavy atom. The molecule has 2 unspecified atom stereocenters. The molecular weight excluding hydrogens is 306 g/mol. The average molecular weight is 322 g/mol. The van der Waals surface area contributed by atoms with Crippen molar-refractivity contribution in [2.75, 3.05) is 25.1 Å². The molecule has 1 aromatic rings. The summed E-state index contributed by atoms with van der Waals surface area (Å²) in [5.74, 6) is 8.07. The first kappa shape index (κ1) is 12.9. The van der Waals surface area contributed by atoms with E-state index in [1.807, 2.05) is 11.8 Å². The van der Waals surface area contributed by atoms with Gasteiger partial charge in [0.2, 0.25) is 0 Å². The van der Waals surface area contributed by atoms with Crippen molar-refractivity contribution in [3.05, 3.63) is 20.8 Å². The third-order valence-electron chi connectivity index (χ3n) is 2.98. The zero-order valence-electron chi connectivity index (χ0n) is 9.15. The summed E-state index contributed by atoms with van der Waals surface area (Å²) in [6.07, 6.45) is 0. The molecule has 1 fully saturated rings. The number of thiophene rings is 1. The standard InChI is InChI=1S/C10H16BrN3S2/c1-14-2-3-15-6-9(14)10(13-12)7-4-16-5-8(7)11/h4-5,9-10,13H,2-3,6,12H2,1H3. The van der Waals surface area contributed by atoms with Gasteiger partial charge in [0.15, 0.2) is 0 Å². The van der Waals surface area contributed by atoms with Crippen LogP contribution >= 0.6 is 39.0 Å². The predicted octanol–water partition coefficient (Wildman–Crippen LogP) is 2.06. The molecule has 0 aliphatic carbocycles. The Morgan fingerprint density at radius 3 is 3.00 bits per heavy atom. The Hall–Kier alpha value is 0.410. The molecule has 2 heterocycles. The van der Waals surface area contributed by atoms with Crippen molar-refractivity contribution in [2.24, 2.45) is 5.84 Å². The van der Waals surface area contributed by atoms with E-state index < -0.39 is 0 Å². The Bertz CT molecular complexity index is 345. The van der Waals surface area contributed by atoms with Gasteiger partial charge in [-0.3, -0.25) is 16.2 Å². The van der Waals surface area contributed by atoms with Crippen molar-refractivity contribution in [1.29, 1.82) is 0 Å². The Balaban J connectivity index is 2.18. The topological polar surface area (TPSA) is 41.3 Å². The van der Waals surface area contributed by atoms with E-state index in [0.717, 1.165) is 16.8 Å². The van der Waals surface area contributed by atoms with Crippen molar-refractivity contribution >= 4 is 39.0 Å². The third kappa shape index (κ3) is 2.63. The molecule has 3 N–H and O–H groups in total. The molecule has 1 aliphatic heterocycles. The van der Waals surface area contributed by atoms with Crippen LogP contribution in [0, 0.1) is 0 Å². The third-order valence-corrected chi connectivity index (χ3v) is 5.78.